The summed E-state index contributed by atoms with van der Waals surface area (Å²) in [5, 5.41) is 0. The molecular formula is C13H18FNO. The maximum absolute atomic E-state index is 13.1. The maximum Gasteiger partial charge on any atom is 0.126 e. The van der Waals surface area contributed by atoms with Crippen LogP contribution in [0.15, 0.2) is 18.2 Å². The highest BCUT2D eigenvalue weighted by molar-refractivity contribution is 5.46. The van der Waals surface area contributed by atoms with E-state index in [9.17, 15) is 4.39 Å². The summed E-state index contributed by atoms with van der Waals surface area (Å²) in [6.07, 6.45) is 2.08. The van der Waals surface area contributed by atoms with Crippen LogP contribution in [0.4, 0.5) is 4.39 Å². The predicted octanol–water partition coefficient (Wildman–Crippen LogP) is 2.60. The van der Waals surface area contributed by atoms with Crippen LogP contribution in [0, 0.1) is 5.82 Å². The number of rotatable bonds is 3. The Morgan fingerprint density at radius 1 is 1.38 bits per heavy atom. The summed E-state index contributed by atoms with van der Waals surface area (Å²) in [6.45, 7) is 4.03. The molecule has 0 heterocycles. The number of benzene rings is 1. The molecule has 0 aliphatic heterocycles. The minimum atomic E-state index is -0.307. The number of halogens is 1. The fraction of sp³-hybridized carbons (Fsp3) is 0.538. The molecule has 1 aliphatic carbocycles. The summed E-state index contributed by atoms with van der Waals surface area (Å²) >= 11 is 0. The molecule has 0 spiro atoms. The molecule has 2 rings (SSSR count). The van der Waals surface area contributed by atoms with Crippen LogP contribution in [0.5, 0.6) is 5.75 Å². The SMILES string of the molecule is COc1cc(F)ccc1C1(C(C)(C)N)CC1. The highest BCUT2D eigenvalue weighted by atomic mass is 19.1. The fourth-order valence-corrected chi connectivity index (χ4v) is 2.45. The van der Waals surface area contributed by atoms with Crippen molar-refractivity contribution in [1.82, 2.24) is 0 Å². The van der Waals surface area contributed by atoms with E-state index < -0.39 is 0 Å². The van der Waals surface area contributed by atoms with Gasteiger partial charge >= 0.3 is 0 Å². The number of methoxy groups -OCH3 is 1. The Balaban J connectivity index is 2.49. The number of ether oxygens (including phenoxy) is 1. The second kappa shape index (κ2) is 3.45. The maximum atomic E-state index is 13.1. The zero-order chi connectivity index (χ0) is 12.0. The Morgan fingerprint density at radius 2 is 2.00 bits per heavy atom. The Kier molecular flexibility index (Phi) is 2.46. The van der Waals surface area contributed by atoms with Gasteiger partial charge in [0.1, 0.15) is 11.6 Å². The monoisotopic (exact) mass is 223 g/mol. The molecular weight excluding hydrogens is 205 g/mol. The van der Waals surface area contributed by atoms with Gasteiger partial charge in [0.05, 0.1) is 7.11 Å². The van der Waals surface area contributed by atoms with E-state index in [1.165, 1.54) is 12.1 Å². The first-order valence-electron chi connectivity index (χ1n) is 5.54. The molecule has 1 fully saturated rings. The van der Waals surface area contributed by atoms with Crippen LogP contribution in [0.1, 0.15) is 32.3 Å². The van der Waals surface area contributed by atoms with Crippen molar-refractivity contribution in [2.45, 2.75) is 37.6 Å². The molecule has 0 radical (unpaired) electrons. The van der Waals surface area contributed by atoms with Crippen LogP contribution in [0.2, 0.25) is 0 Å². The van der Waals surface area contributed by atoms with Crippen molar-refractivity contribution in [2.24, 2.45) is 5.73 Å². The Bertz CT molecular complexity index is 405. The van der Waals surface area contributed by atoms with Gasteiger partial charge in [0.2, 0.25) is 0 Å². The second-order valence-electron chi connectivity index (χ2n) is 5.15. The van der Waals surface area contributed by atoms with Crippen LogP contribution >= 0.6 is 0 Å². The van der Waals surface area contributed by atoms with Crippen LogP contribution < -0.4 is 10.5 Å². The van der Waals surface area contributed by atoms with E-state index in [4.69, 9.17) is 10.5 Å². The third-order valence-corrected chi connectivity index (χ3v) is 3.66. The second-order valence-corrected chi connectivity index (χ2v) is 5.15. The van der Waals surface area contributed by atoms with Gasteiger partial charge in [-0.1, -0.05) is 6.07 Å². The van der Waals surface area contributed by atoms with E-state index in [2.05, 4.69) is 0 Å². The minimum Gasteiger partial charge on any atom is -0.496 e. The molecule has 2 nitrogen and oxygen atoms in total. The summed E-state index contributed by atoms with van der Waals surface area (Å²) in [5.41, 5.74) is 6.89. The van der Waals surface area contributed by atoms with Crippen molar-refractivity contribution in [2.75, 3.05) is 7.11 Å². The molecule has 1 aromatic rings. The average Bonchev–Trinajstić information content (AvgIpc) is 2.97. The highest BCUT2D eigenvalue weighted by Gasteiger charge is 2.55. The first-order valence-corrected chi connectivity index (χ1v) is 5.54. The Labute approximate surface area is 95.6 Å². The van der Waals surface area contributed by atoms with Crippen molar-refractivity contribution < 1.29 is 9.13 Å². The van der Waals surface area contributed by atoms with E-state index in [0.717, 1.165) is 18.4 Å². The molecule has 0 atom stereocenters. The molecule has 0 aromatic heterocycles. The minimum absolute atomic E-state index is 0.0496. The van der Waals surface area contributed by atoms with Gasteiger partial charge in [0.15, 0.2) is 0 Å². The first kappa shape index (κ1) is 11.4. The van der Waals surface area contributed by atoms with E-state index in [0.29, 0.717) is 5.75 Å². The van der Waals surface area contributed by atoms with Crippen LogP contribution in [0.3, 0.4) is 0 Å². The van der Waals surface area contributed by atoms with E-state index in [-0.39, 0.29) is 16.8 Å². The fourth-order valence-electron chi connectivity index (χ4n) is 2.45. The van der Waals surface area contributed by atoms with Gasteiger partial charge in [0, 0.05) is 22.6 Å². The standard InChI is InChI=1S/C13H18FNO/c1-12(2,15)13(6-7-13)10-5-4-9(14)8-11(10)16-3/h4-5,8H,6-7,15H2,1-3H3. The van der Waals surface area contributed by atoms with Crippen molar-refractivity contribution in [1.29, 1.82) is 0 Å². The number of hydrogen-bond donors (Lipinski definition) is 1. The van der Waals surface area contributed by atoms with E-state index >= 15 is 0 Å². The zero-order valence-corrected chi connectivity index (χ0v) is 10.0. The van der Waals surface area contributed by atoms with Crippen molar-refractivity contribution >= 4 is 0 Å². The Hall–Kier alpha value is -1.09. The molecule has 1 saturated carbocycles. The molecule has 3 heteroatoms. The van der Waals surface area contributed by atoms with Crippen molar-refractivity contribution in [3.63, 3.8) is 0 Å². The quantitative estimate of drug-likeness (QED) is 0.854. The summed E-state index contributed by atoms with van der Waals surface area (Å²) in [5.74, 6) is 0.335. The van der Waals surface area contributed by atoms with Crippen LogP contribution in [-0.4, -0.2) is 12.6 Å². The zero-order valence-electron chi connectivity index (χ0n) is 10.0. The summed E-state index contributed by atoms with van der Waals surface area (Å²) in [4.78, 5) is 0. The average molecular weight is 223 g/mol. The first-order chi connectivity index (χ1) is 7.40. The van der Waals surface area contributed by atoms with E-state index in [1.54, 1.807) is 13.2 Å². The van der Waals surface area contributed by atoms with Gasteiger partial charge in [0.25, 0.3) is 0 Å². The lowest BCUT2D eigenvalue weighted by molar-refractivity contribution is 0.358. The molecule has 0 amide bonds. The largest absolute Gasteiger partial charge is 0.496 e. The number of nitrogens with two attached hydrogens (primary N) is 1. The molecule has 0 bridgehead atoms. The summed E-state index contributed by atoms with van der Waals surface area (Å²) < 4.78 is 18.4. The lowest BCUT2D eigenvalue weighted by Crippen LogP contribution is -2.45. The Morgan fingerprint density at radius 3 is 2.44 bits per heavy atom. The lowest BCUT2D eigenvalue weighted by Gasteiger charge is -2.32. The molecule has 0 unspecified atom stereocenters. The molecule has 2 N–H and O–H groups in total. The van der Waals surface area contributed by atoms with Crippen LogP contribution in [0.25, 0.3) is 0 Å². The summed E-state index contributed by atoms with van der Waals surface area (Å²) in [7, 11) is 1.57. The summed E-state index contributed by atoms with van der Waals surface area (Å²) in [6, 6.07) is 4.71. The molecule has 88 valence electrons. The number of hydrogen-bond acceptors (Lipinski definition) is 2. The smallest absolute Gasteiger partial charge is 0.126 e. The van der Waals surface area contributed by atoms with Gasteiger partial charge in [-0.15, -0.1) is 0 Å². The molecule has 16 heavy (non-hydrogen) atoms. The van der Waals surface area contributed by atoms with Gasteiger partial charge in [-0.05, 0) is 32.8 Å². The molecule has 0 saturated heterocycles. The molecule has 1 aromatic carbocycles. The molecule has 1 aliphatic rings. The van der Waals surface area contributed by atoms with Crippen molar-refractivity contribution in [3.05, 3.63) is 29.6 Å². The third kappa shape index (κ3) is 1.59. The van der Waals surface area contributed by atoms with Crippen molar-refractivity contribution in [3.8, 4) is 5.75 Å². The normalized spacial score (nSPS) is 18.3. The lowest BCUT2D eigenvalue weighted by atomic mass is 9.79. The predicted molar refractivity (Wildman–Crippen MR) is 62.1 cm³/mol. The van der Waals surface area contributed by atoms with Gasteiger partial charge in [-0.2, -0.15) is 0 Å². The van der Waals surface area contributed by atoms with E-state index in [1.807, 2.05) is 13.8 Å². The van der Waals surface area contributed by atoms with Gasteiger partial charge < -0.3 is 10.5 Å². The van der Waals surface area contributed by atoms with Gasteiger partial charge in [-0.25, -0.2) is 4.39 Å². The van der Waals surface area contributed by atoms with Gasteiger partial charge in [-0.3, -0.25) is 0 Å². The van der Waals surface area contributed by atoms with Crippen LogP contribution in [-0.2, 0) is 5.41 Å². The third-order valence-electron chi connectivity index (χ3n) is 3.66. The topological polar surface area (TPSA) is 35.2 Å². The highest BCUT2D eigenvalue weighted by Crippen LogP contribution is 2.57.